The van der Waals surface area contributed by atoms with Crippen molar-refractivity contribution < 1.29 is 5.11 Å². The van der Waals surface area contributed by atoms with Crippen LogP contribution >= 0.6 is 11.6 Å². The summed E-state index contributed by atoms with van der Waals surface area (Å²) in [5, 5.41) is 11.8. The minimum Gasteiger partial charge on any atom is -0.396 e. The minimum atomic E-state index is 0.0869. The normalized spacial score (nSPS) is 28.2. The maximum Gasteiger partial charge on any atom is 0.0891 e. The van der Waals surface area contributed by atoms with Crippen molar-refractivity contribution >= 4 is 22.5 Å². The molecular formula is C20H26ClN3O. The van der Waals surface area contributed by atoms with E-state index >= 15 is 0 Å². The van der Waals surface area contributed by atoms with E-state index < -0.39 is 0 Å². The van der Waals surface area contributed by atoms with Crippen LogP contribution < -0.4 is 0 Å². The first-order chi connectivity index (χ1) is 12.1. The number of aliphatic hydroxyl groups excluding tert-OH is 1. The maximum atomic E-state index is 10.0. The lowest BCUT2D eigenvalue weighted by Crippen LogP contribution is -2.61. The largest absolute Gasteiger partial charge is 0.396 e. The summed E-state index contributed by atoms with van der Waals surface area (Å²) in [7, 11) is 2.20. The van der Waals surface area contributed by atoms with Gasteiger partial charge in [0.25, 0.3) is 0 Å². The number of pyridine rings is 1. The number of aliphatic hydroxyl groups is 1. The van der Waals surface area contributed by atoms with Crippen molar-refractivity contribution in [3.05, 3.63) is 41.0 Å². The van der Waals surface area contributed by atoms with Crippen molar-refractivity contribution in [2.45, 2.75) is 31.8 Å². The molecule has 0 bridgehead atoms. The SMILES string of the molecule is CN1CCC[C@]2(CO)CCN(Cc3ccc4cccc(Cl)c4n3)C[C@@H]12. The maximum absolute atomic E-state index is 10.0. The van der Waals surface area contributed by atoms with Gasteiger partial charge in [0.2, 0.25) is 0 Å². The molecule has 0 amide bonds. The van der Waals surface area contributed by atoms with E-state index in [0.717, 1.165) is 55.6 Å². The third kappa shape index (κ3) is 3.17. The number of nitrogens with zero attached hydrogens (tertiary/aromatic N) is 3. The zero-order valence-corrected chi connectivity index (χ0v) is 15.5. The van der Waals surface area contributed by atoms with Crippen molar-refractivity contribution in [2.24, 2.45) is 5.41 Å². The molecule has 1 N–H and O–H groups in total. The number of benzene rings is 1. The van der Waals surface area contributed by atoms with Gasteiger partial charge in [-0.15, -0.1) is 0 Å². The Bertz CT molecular complexity index is 768. The second-order valence-corrected chi connectivity index (χ2v) is 8.13. The molecule has 2 atom stereocenters. The van der Waals surface area contributed by atoms with Crippen molar-refractivity contribution in [1.82, 2.24) is 14.8 Å². The molecule has 4 nitrogen and oxygen atoms in total. The summed E-state index contributed by atoms with van der Waals surface area (Å²) in [6, 6.07) is 10.6. The molecule has 2 saturated heterocycles. The first-order valence-corrected chi connectivity index (χ1v) is 9.57. The van der Waals surface area contributed by atoms with Crippen LogP contribution in [0.25, 0.3) is 10.9 Å². The second-order valence-electron chi connectivity index (χ2n) is 7.72. The van der Waals surface area contributed by atoms with Gasteiger partial charge in [0.15, 0.2) is 0 Å². The smallest absolute Gasteiger partial charge is 0.0891 e. The molecule has 2 aliphatic heterocycles. The Morgan fingerprint density at radius 3 is 2.96 bits per heavy atom. The second kappa shape index (κ2) is 6.84. The van der Waals surface area contributed by atoms with Gasteiger partial charge in [-0.3, -0.25) is 4.90 Å². The van der Waals surface area contributed by atoms with Crippen molar-refractivity contribution in [3.63, 3.8) is 0 Å². The van der Waals surface area contributed by atoms with Crippen LogP contribution in [0, 0.1) is 5.41 Å². The third-order valence-corrected chi connectivity index (χ3v) is 6.52. The van der Waals surface area contributed by atoms with Gasteiger partial charge in [0, 0.05) is 29.9 Å². The summed E-state index contributed by atoms with van der Waals surface area (Å²) < 4.78 is 0. The van der Waals surface area contributed by atoms with Crippen LogP contribution in [0.4, 0.5) is 0 Å². The highest BCUT2D eigenvalue weighted by Crippen LogP contribution is 2.41. The number of hydrogen-bond acceptors (Lipinski definition) is 4. The van der Waals surface area contributed by atoms with Gasteiger partial charge in [0.05, 0.1) is 22.8 Å². The van der Waals surface area contributed by atoms with Crippen LogP contribution in [-0.4, -0.2) is 59.2 Å². The lowest BCUT2D eigenvalue weighted by Gasteiger charge is -2.53. The van der Waals surface area contributed by atoms with Crippen LogP contribution in [0.5, 0.6) is 0 Å². The zero-order chi connectivity index (χ0) is 17.4. The number of likely N-dealkylation sites (N-methyl/N-ethyl adjacent to an activating group) is 1. The van der Waals surface area contributed by atoms with Gasteiger partial charge in [-0.25, -0.2) is 4.98 Å². The Morgan fingerprint density at radius 2 is 2.12 bits per heavy atom. The van der Waals surface area contributed by atoms with Gasteiger partial charge in [-0.2, -0.15) is 0 Å². The number of hydrogen-bond donors (Lipinski definition) is 1. The molecular weight excluding hydrogens is 334 g/mol. The number of likely N-dealkylation sites (tertiary alicyclic amines) is 2. The van der Waals surface area contributed by atoms with E-state index in [1.54, 1.807) is 0 Å². The Kier molecular flexibility index (Phi) is 4.71. The summed E-state index contributed by atoms with van der Waals surface area (Å²) in [6.07, 6.45) is 3.40. The number of fused-ring (bicyclic) bond motifs is 2. The molecule has 25 heavy (non-hydrogen) atoms. The highest BCUT2D eigenvalue weighted by molar-refractivity contribution is 6.35. The predicted molar refractivity (Wildman–Crippen MR) is 102 cm³/mol. The van der Waals surface area contributed by atoms with E-state index in [0.29, 0.717) is 17.7 Å². The average molecular weight is 360 g/mol. The molecule has 0 saturated carbocycles. The molecule has 2 fully saturated rings. The van der Waals surface area contributed by atoms with E-state index in [4.69, 9.17) is 16.6 Å². The van der Waals surface area contributed by atoms with Crippen LogP contribution in [0.2, 0.25) is 5.02 Å². The molecule has 0 unspecified atom stereocenters. The Morgan fingerprint density at radius 1 is 1.24 bits per heavy atom. The van der Waals surface area contributed by atoms with E-state index in [1.165, 1.54) is 6.42 Å². The van der Waals surface area contributed by atoms with Gasteiger partial charge in [0.1, 0.15) is 0 Å². The summed E-state index contributed by atoms with van der Waals surface area (Å²) in [5.74, 6) is 0. The highest BCUT2D eigenvalue weighted by Gasteiger charge is 2.46. The standard InChI is InChI=1S/C20H26ClN3O/c1-23-10-3-8-20(14-25)9-11-24(13-18(20)23)12-16-7-6-15-4-2-5-17(21)19(15)22-16/h2,4-7,18,25H,3,8-14H2,1H3/t18-,20-/m1/s1. The first kappa shape index (κ1) is 17.2. The molecule has 0 aliphatic carbocycles. The molecule has 0 spiro atoms. The Balaban J connectivity index is 1.53. The van der Waals surface area contributed by atoms with E-state index in [2.05, 4.69) is 29.0 Å². The lowest BCUT2D eigenvalue weighted by molar-refractivity contribution is -0.0686. The number of rotatable bonds is 3. The summed E-state index contributed by atoms with van der Waals surface area (Å²) in [6.45, 7) is 4.29. The monoisotopic (exact) mass is 359 g/mol. The summed E-state index contributed by atoms with van der Waals surface area (Å²) >= 11 is 6.31. The van der Waals surface area contributed by atoms with Gasteiger partial charge >= 0.3 is 0 Å². The molecule has 134 valence electrons. The van der Waals surface area contributed by atoms with Gasteiger partial charge in [-0.1, -0.05) is 29.8 Å². The fourth-order valence-corrected chi connectivity index (χ4v) is 4.91. The first-order valence-electron chi connectivity index (χ1n) is 9.19. The van der Waals surface area contributed by atoms with Crippen LogP contribution in [-0.2, 0) is 6.54 Å². The summed E-state index contributed by atoms with van der Waals surface area (Å²) in [5.41, 5.74) is 2.04. The predicted octanol–water partition coefficient (Wildman–Crippen LogP) is 3.17. The van der Waals surface area contributed by atoms with Crippen molar-refractivity contribution in [1.29, 1.82) is 0 Å². The van der Waals surface area contributed by atoms with Crippen LogP contribution in [0.3, 0.4) is 0 Å². The van der Waals surface area contributed by atoms with Crippen molar-refractivity contribution in [3.8, 4) is 0 Å². The molecule has 2 aliphatic rings. The highest BCUT2D eigenvalue weighted by atomic mass is 35.5. The molecule has 3 heterocycles. The summed E-state index contributed by atoms with van der Waals surface area (Å²) in [4.78, 5) is 9.71. The number of piperidine rings is 2. The van der Waals surface area contributed by atoms with E-state index in [9.17, 15) is 5.11 Å². The zero-order valence-electron chi connectivity index (χ0n) is 14.8. The molecule has 1 aromatic carbocycles. The number of halogens is 1. The van der Waals surface area contributed by atoms with Crippen molar-refractivity contribution in [2.75, 3.05) is 33.3 Å². The fraction of sp³-hybridized carbons (Fsp3) is 0.550. The molecule has 2 aromatic rings. The molecule has 4 rings (SSSR count). The lowest BCUT2D eigenvalue weighted by atomic mass is 9.69. The molecule has 5 heteroatoms. The topological polar surface area (TPSA) is 39.6 Å². The molecule has 0 radical (unpaired) electrons. The Labute approximate surface area is 154 Å². The minimum absolute atomic E-state index is 0.0869. The fourth-order valence-electron chi connectivity index (χ4n) is 4.69. The third-order valence-electron chi connectivity index (χ3n) is 6.21. The van der Waals surface area contributed by atoms with Crippen LogP contribution in [0.1, 0.15) is 25.0 Å². The van der Waals surface area contributed by atoms with Gasteiger partial charge in [-0.05, 0) is 51.5 Å². The molecule has 1 aromatic heterocycles. The van der Waals surface area contributed by atoms with E-state index in [1.807, 2.05) is 18.2 Å². The Hall–Kier alpha value is -1.20. The average Bonchev–Trinajstić information content (AvgIpc) is 2.63. The van der Waals surface area contributed by atoms with E-state index in [-0.39, 0.29) is 5.41 Å². The number of aromatic nitrogens is 1. The number of para-hydroxylation sites is 1. The quantitative estimate of drug-likeness (QED) is 0.913. The van der Waals surface area contributed by atoms with Gasteiger partial charge < -0.3 is 10.0 Å². The van der Waals surface area contributed by atoms with Crippen LogP contribution in [0.15, 0.2) is 30.3 Å².